The number of aromatic nitrogens is 1. The number of hydrogen-bond donors (Lipinski definition) is 1. The Morgan fingerprint density at radius 2 is 1.79 bits per heavy atom. The lowest BCUT2D eigenvalue weighted by molar-refractivity contribution is 0.228. The quantitative estimate of drug-likeness (QED) is 0.506. The molecule has 1 fully saturated rings. The first-order valence-electron chi connectivity index (χ1n) is 10.8. The summed E-state index contributed by atoms with van der Waals surface area (Å²) in [4.78, 5) is 0. The number of hydrogen-bond acceptors (Lipinski definition) is 2. The highest BCUT2D eigenvalue weighted by atomic mass is 15.0. The molecule has 29 heavy (non-hydrogen) atoms. The minimum absolute atomic E-state index is 0.523. The second-order valence-corrected chi connectivity index (χ2v) is 9.08. The molecule has 0 aliphatic heterocycles. The molecule has 0 amide bonds. The number of nitrogens with two attached hydrogens (primary N) is 1. The normalized spacial score (nSPS) is 19.6. The molecule has 1 aromatic heterocycles. The lowest BCUT2D eigenvalue weighted by atomic mass is 9.79. The summed E-state index contributed by atoms with van der Waals surface area (Å²) < 4.78 is 2.48. The average Bonchev–Trinajstić information content (AvgIpc) is 3.07. The van der Waals surface area contributed by atoms with Crippen LogP contribution in [0.2, 0.25) is 0 Å². The van der Waals surface area contributed by atoms with E-state index >= 15 is 0 Å². The second-order valence-electron chi connectivity index (χ2n) is 9.08. The lowest BCUT2D eigenvalue weighted by Crippen LogP contribution is -2.20. The maximum Gasteiger partial charge on any atom is 0.0994 e. The molecule has 3 nitrogen and oxygen atoms in total. The largest absolute Gasteiger partial charge is 0.398 e. The highest BCUT2D eigenvalue weighted by Crippen LogP contribution is 2.41. The van der Waals surface area contributed by atoms with Crippen LogP contribution in [0.5, 0.6) is 0 Å². The van der Waals surface area contributed by atoms with E-state index in [0.29, 0.717) is 6.04 Å². The minimum Gasteiger partial charge on any atom is -0.398 e. The molecule has 1 aliphatic carbocycles. The minimum atomic E-state index is 0.523. The van der Waals surface area contributed by atoms with Gasteiger partial charge in [0.25, 0.3) is 0 Å². The van der Waals surface area contributed by atoms with Crippen molar-refractivity contribution < 1.29 is 0 Å². The Kier molecular flexibility index (Phi) is 5.13. The topological polar surface area (TPSA) is 54.7 Å². The Bertz CT molecular complexity index is 1090. The SMILES string of the molecule is Cc1cc2c(cc1C#N)c(-c1cccc(N)c1C)cn2C1CCC(C(C)C)CC1. The molecule has 0 bridgehead atoms. The van der Waals surface area contributed by atoms with Crippen LogP contribution in [-0.4, -0.2) is 4.57 Å². The Balaban J connectivity index is 1.87. The molecule has 2 N–H and O–H groups in total. The van der Waals surface area contributed by atoms with Crippen LogP contribution in [0.1, 0.15) is 62.3 Å². The summed E-state index contributed by atoms with van der Waals surface area (Å²) in [6, 6.07) is 13.3. The highest BCUT2D eigenvalue weighted by Gasteiger charge is 2.26. The van der Waals surface area contributed by atoms with Gasteiger partial charge in [-0.15, -0.1) is 0 Å². The van der Waals surface area contributed by atoms with Crippen molar-refractivity contribution >= 4 is 16.6 Å². The maximum absolute atomic E-state index is 9.60. The van der Waals surface area contributed by atoms with Gasteiger partial charge in [-0.1, -0.05) is 26.0 Å². The van der Waals surface area contributed by atoms with Crippen molar-refractivity contribution in [3.05, 3.63) is 53.2 Å². The first kappa shape index (κ1) is 19.6. The number of nitrogens with zero attached hydrogens (tertiary/aromatic N) is 2. The van der Waals surface area contributed by atoms with Crippen LogP contribution in [0.25, 0.3) is 22.0 Å². The van der Waals surface area contributed by atoms with Gasteiger partial charge in [-0.25, -0.2) is 0 Å². The summed E-state index contributed by atoms with van der Waals surface area (Å²) in [5.41, 5.74) is 13.5. The number of benzene rings is 2. The summed E-state index contributed by atoms with van der Waals surface area (Å²) in [7, 11) is 0. The van der Waals surface area contributed by atoms with Gasteiger partial charge in [0.1, 0.15) is 0 Å². The molecule has 0 unspecified atom stereocenters. The van der Waals surface area contributed by atoms with E-state index in [-0.39, 0.29) is 0 Å². The van der Waals surface area contributed by atoms with E-state index in [4.69, 9.17) is 5.73 Å². The van der Waals surface area contributed by atoms with Crippen molar-refractivity contribution in [2.75, 3.05) is 5.73 Å². The summed E-state index contributed by atoms with van der Waals surface area (Å²) in [6.45, 7) is 8.82. The molecule has 2 aromatic carbocycles. The molecule has 3 aromatic rings. The van der Waals surface area contributed by atoms with Gasteiger partial charge in [-0.3, -0.25) is 0 Å². The molecule has 0 radical (unpaired) electrons. The number of anilines is 1. The number of nitriles is 1. The fraction of sp³-hybridized carbons (Fsp3) is 0.423. The van der Waals surface area contributed by atoms with Crippen molar-refractivity contribution in [1.82, 2.24) is 4.57 Å². The number of fused-ring (bicyclic) bond motifs is 1. The van der Waals surface area contributed by atoms with E-state index in [1.54, 1.807) is 0 Å². The van der Waals surface area contributed by atoms with E-state index in [9.17, 15) is 5.26 Å². The van der Waals surface area contributed by atoms with Gasteiger partial charge < -0.3 is 10.3 Å². The Morgan fingerprint density at radius 1 is 1.07 bits per heavy atom. The maximum atomic E-state index is 9.60. The highest BCUT2D eigenvalue weighted by molar-refractivity contribution is 5.98. The molecular formula is C26H31N3. The van der Waals surface area contributed by atoms with Crippen LogP contribution in [0.15, 0.2) is 36.5 Å². The molecule has 0 atom stereocenters. The zero-order chi connectivity index (χ0) is 20.7. The van der Waals surface area contributed by atoms with Crippen LogP contribution in [0, 0.1) is 37.0 Å². The first-order chi connectivity index (χ1) is 13.9. The average molecular weight is 386 g/mol. The zero-order valence-electron chi connectivity index (χ0n) is 18.0. The number of rotatable bonds is 3. The Hall–Kier alpha value is -2.73. The predicted octanol–water partition coefficient (Wildman–Crippen LogP) is 6.77. The fourth-order valence-electron chi connectivity index (χ4n) is 5.03. The number of aryl methyl sites for hydroxylation is 1. The van der Waals surface area contributed by atoms with Crippen molar-refractivity contribution in [2.45, 2.75) is 59.4 Å². The van der Waals surface area contributed by atoms with Crippen LogP contribution in [-0.2, 0) is 0 Å². The van der Waals surface area contributed by atoms with Gasteiger partial charge in [-0.2, -0.15) is 5.26 Å². The second kappa shape index (κ2) is 7.59. The Labute approximate surface area is 174 Å². The monoisotopic (exact) mass is 385 g/mol. The fourth-order valence-corrected chi connectivity index (χ4v) is 5.03. The standard InChI is InChI=1S/C26H31N3/c1-16(2)19-8-10-21(11-9-19)29-15-24(22-6-5-7-25(28)18(22)4)23-13-20(14-27)17(3)12-26(23)29/h5-7,12-13,15-16,19,21H,8-11,28H2,1-4H3. The molecule has 0 spiro atoms. The predicted molar refractivity (Wildman–Crippen MR) is 122 cm³/mol. The van der Waals surface area contributed by atoms with Crippen molar-refractivity contribution in [3.63, 3.8) is 0 Å². The third-order valence-corrected chi connectivity index (χ3v) is 7.04. The van der Waals surface area contributed by atoms with E-state index < -0.39 is 0 Å². The molecule has 4 rings (SSSR count). The van der Waals surface area contributed by atoms with Crippen LogP contribution in [0.3, 0.4) is 0 Å². The van der Waals surface area contributed by atoms with Gasteiger partial charge in [-0.05, 0) is 86.3 Å². The van der Waals surface area contributed by atoms with Crippen LogP contribution >= 0.6 is 0 Å². The van der Waals surface area contributed by atoms with Gasteiger partial charge in [0.15, 0.2) is 0 Å². The van der Waals surface area contributed by atoms with E-state index in [1.807, 2.05) is 19.1 Å². The van der Waals surface area contributed by atoms with Crippen molar-refractivity contribution in [2.24, 2.45) is 11.8 Å². The molecule has 3 heteroatoms. The van der Waals surface area contributed by atoms with Gasteiger partial charge in [0.2, 0.25) is 0 Å². The summed E-state index contributed by atoms with van der Waals surface area (Å²) in [6.07, 6.45) is 7.35. The molecule has 1 saturated carbocycles. The molecular weight excluding hydrogens is 354 g/mol. The molecule has 1 heterocycles. The number of nitrogen functional groups attached to an aromatic ring is 1. The van der Waals surface area contributed by atoms with Gasteiger partial charge in [0.05, 0.1) is 11.6 Å². The first-order valence-corrected chi connectivity index (χ1v) is 10.8. The van der Waals surface area contributed by atoms with E-state index in [2.05, 4.69) is 55.8 Å². The van der Waals surface area contributed by atoms with Gasteiger partial charge in [0, 0.05) is 34.4 Å². The zero-order valence-corrected chi connectivity index (χ0v) is 18.0. The van der Waals surface area contributed by atoms with E-state index in [1.165, 1.54) is 36.8 Å². The molecule has 1 aliphatic rings. The Morgan fingerprint density at radius 3 is 2.45 bits per heavy atom. The molecule has 0 saturated heterocycles. The van der Waals surface area contributed by atoms with Crippen LogP contribution in [0.4, 0.5) is 5.69 Å². The van der Waals surface area contributed by atoms with Crippen LogP contribution < -0.4 is 5.73 Å². The smallest absolute Gasteiger partial charge is 0.0994 e. The van der Waals surface area contributed by atoms with Crippen molar-refractivity contribution in [1.29, 1.82) is 5.26 Å². The van der Waals surface area contributed by atoms with E-state index in [0.717, 1.165) is 45.2 Å². The third kappa shape index (κ3) is 3.42. The summed E-state index contributed by atoms with van der Waals surface area (Å²) in [5, 5.41) is 10.8. The van der Waals surface area contributed by atoms with Crippen molar-refractivity contribution in [3.8, 4) is 17.2 Å². The summed E-state index contributed by atoms with van der Waals surface area (Å²) >= 11 is 0. The lowest BCUT2D eigenvalue weighted by Gasteiger charge is -2.32. The third-order valence-electron chi connectivity index (χ3n) is 7.04. The molecule has 150 valence electrons. The van der Waals surface area contributed by atoms with Gasteiger partial charge >= 0.3 is 0 Å². The summed E-state index contributed by atoms with van der Waals surface area (Å²) in [5.74, 6) is 1.61.